The highest BCUT2D eigenvalue weighted by Crippen LogP contribution is 2.13. The maximum Gasteiger partial charge on any atom is 0.276 e. The minimum atomic E-state index is -0.634. The number of aliphatic hydroxyl groups is 1. The van der Waals surface area contributed by atoms with E-state index in [-0.39, 0.29) is 24.0 Å². The highest BCUT2D eigenvalue weighted by molar-refractivity contribution is 5.92. The summed E-state index contributed by atoms with van der Waals surface area (Å²) in [5.74, 6) is -1.14. The topological polar surface area (TPSA) is 84.2 Å². The third-order valence-electron chi connectivity index (χ3n) is 3.71. The number of amides is 1. The first-order valence-electron chi connectivity index (χ1n) is 7.75. The molecule has 0 aliphatic carbocycles. The number of carbonyl (C=O) groups excluding carboxylic acids is 1. The van der Waals surface area contributed by atoms with Gasteiger partial charge in [-0.15, -0.1) is 0 Å². The summed E-state index contributed by atoms with van der Waals surface area (Å²) in [6.45, 7) is 3.41. The molecule has 0 aliphatic rings. The van der Waals surface area contributed by atoms with E-state index in [4.69, 9.17) is 5.11 Å². The van der Waals surface area contributed by atoms with Crippen LogP contribution in [0.1, 0.15) is 35.9 Å². The Morgan fingerprint density at radius 1 is 1.42 bits per heavy atom. The first-order valence-corrected chi connectivity index (χ1v) is 7.75. The number of hydrogen-bond donors (Lipinski definition) is 2. The lowest BCUT2D eigenvalue weighted by molar-refractivity contribution is 0.0921. The molecule has 1 atom stereocenters. The van der Waals surface area contributed by atoms with Crippen molar-refractivity contribution >= 4 is 5.91 Å². The van der Waals surface area contributed by atoms with Crippen molar-refractivity contribution in [2.45, 2.75) is 32.7 Å². The lowest BCUT2D eigenvalue weighted by Gasteiger charge is -2.16. The Morgan fingerprint density at radius 2 is 2.12 bits per heavy atom. The van der Waals surface area contributed by atoms with Gasteiger partial charge in [0.25, 0.3) is 5.91 Å². The number of rotatable bonds is 6. The molecule has 2 aromatic rings. The highest BCUT2D eigenvalue weighted by atomic mass is 19.1. The van der Waals surface area contributed by atoms with Gasteiger partial charge in [-0.1, -0.05) is 19.1 Å². The summed E-state index contributed by atoms with van der Waals surface area (Å²) in [5, 5.41) is 15.7. The normalized spacial score (nSPS) is 12.0. The molecular formula is C17H20FN3O3. The summed E-state index contributed by atoms with van der Waals surface area (Å²) in [6.07, 6.45) is 0.995. The Labute approximate surface area is 138 Å². The van der Waals surface area contributed by atoms with Gasteiger partial charge in [0.1, 0.15) is 11.5 Å². The predicted octanol–water partition coefficient (Wildman–Crippen LogP) is 1.57. The molecule has 6 nitrogen and oxygen atoms in total. The fraction of sp³-hybridized carbons (Fsp3) is 0.353. The second-order valence-corrected chi connectivity index (χ2v) is 5.45. The van der Waals surface area contributed by atoms with Gasteiger partial charge in [-0.3, -0.25) is 9.59 Å². The molecule has 0 fully saturated rings. The number of aryl methyl sites for hydroxylation is 1. The Bertz CT molecular complexity index is 789. The number of carbonyl (C=O) groups is 1. The van der Waals surface area contributed by atoms with Crippen LogP contribution in [0.2, 0.25) is 0 Å². The zero-order chi connectivity index (χ0) is 17.7. The summed E-state index contributed by atoms with van der Waals surface area (Å²) in [6, 6.07) is 6.98. The largest absolute Gasteiger partial charge is 0.396 e. The van der Waals surface area contributed by atoms with Gasteiger partial charge in [0.05, 0.1) is 0 Å². The number of nitrogens with zero attached hydrogens (tertiary/aromatic N) is 2. The average molecular weight is 333 g/mol. The first kappa shape index (κ1) is 17.8. The minimum absolute atomic E-state index is 0.0699. The number of halogens is 1. The third kappa shape index (κ3) is 3.86. The lowest BCUT2D eigenvalue weighted by atomic mass is 10.1. The summed E-state index contributed by atoms with van der Waals surface area (Å²) >= 11 is 0. The minimum Gasteiger partial charge on any atom is -0.396 e. The fourth-order valence-corrected chi connectivity index (χ4v) is 2.36. The highest BCUT2D eigenvalue weighted by Gasteiger charge is 2.19. The molecule has 1 unspecified atom stereocenters. The Hall–Kier alpha value is -2.54. The van der Waals surface area contributed by atoms with Crippen LogP contribution < -0.4 is 10.7 Å². The summed E-state index contributed by atoms with van der Waals surface area (Å²) in [5.41, 5.74) is -0.257. The van der Waals surface area contributed by atoms with Crippen molar-refractivity contribution in [1.29, 1.82) is 0 Å². The van der Waals surface area contributed by atoms with E-state index in [1.807, 2.05) is 6.92 Å². The number of benzene rings is 1. The van der Waals surface area contributed by atoms with Crippen LogP contribution in [-0.2, 0) is 0 Å². The molecular weight excluding hydrogens is 313 g/mol. The van der Waals surface area contributed by atoms with E-state index in [0.29, 0.717) is 18.5 Å². The molecule has 0 radical (unpaired) electrons. The van der Waals surface area contributed by atoms with Crippen LogP contribution in [0.25, 0.3) is 5.69 Å². The van der Waals surface area contributed by atoms with Crippen LogP contribution in [0, 0.1) is 12.7 Å². The van der Waals surface area contributed by atoms with Crippen molar-refractivity contribution in [2.24, 2.45) is 0 Å². The molecule has 2 N–H and O–H groups in total. The van der Waals surface area contributed by atoms with Gasteiger partial charge < -0.3 is 10.4 Å². The Balaban J connectivity index is 2.42. The Morgan fingerprint density at radius 3 is 2.75 bits per heavy atom. The lowest BCUT2D eigenvalue weighted by Crippen LogP contribution is -2.39. The predicted molar refractivity (Wildman–Crippen MR) is 87.8 cm³/mol. The van der Waals surface area contributed by atoms with Gasteiger partial charge in [-0.05, 0) is 31.9 Å². The first-order chi connectivity index (χ1) is 11.5. The van der Waals surface area contributed by atoms with Crippen molar-refractivity contribution in [3.05, 3.63) is 57.8 Å². The zero-order valence-electron chi connectivity index (χ0n) is 13.6. The summed E-state index contributed by atoms with van der Waals surface area (Å²) in [4.78, 5) is 24.4. The van der Waals surface area contributed by atoms with Crippen molar-refractivity contribution in [2.75, 3.05) is 6.61 Å². The van der Waals surface area contributed by atoms with Gasteiger partial charge in [-0.25, -0.2) is 9.07 Å². The molecule has 0 saturated heterocycles. The SMILES string of the molecule is CCC(CCO)NC(=O)c1nn(-c2ccccc2F)c(C)cc1=O. The molecule has 24 heavy (non-hydrogen) atoms. The van der Waals surface area contributed by atoms with Crippen LogP contribution in [0.4, 0.5) is 4.39 Å². The maximum absolute atomic E-state index is 14.0. The van der Waals surface area contributed by atoms with Gasteiger partial charge in [0.15, 0.2) is 5.69 Å². The van der Waals surface area contributed by atoms with Crippen molar-refractivity contribution < 1.29 is 14.3 Å². The van der Waals surface area contributed by atoms with E-state index in [2.05, 4.69) is 10.4 Å². The molecule has 0 saturated carbocycles. The monoisotopic (exact) mass is 333 g/mol. The molecule has 0 aliphatic heterocycles. The molecule has 1 amide bonds. The molecule has 0 bridgehead atoms. The number of hydrogen-bond acceptors (Lipinski definition) is 4. The Kier molecular flexibility index (Phi) is 5.81. The summed E-state index contributed by atoms with van der Waals surface area (Å²) < 4.78 is 15.2. The zero-order valence-corrected chi connectivity index (χ0v) is 13.6. The van der Waals surface area contributed by atoms with Crippen LogP contribution in [0.5, 0.6) is 0 Å². The van der Waals surface area contributed by atoms with E-state index in [9.17, 15) is 14.0 Å². The third-order valence-corrected chi connectivity index (χ3v) is 3.71. The molecule has 128 valence electrons. The number of nitrogens with one attached hydrogen (secondary N) is 1. The second-order valence-electron chi connectivity index (χ2n) is 5.45. The van der Waals surface area contributed by atoms with Crippen molar-refractivity contribution in [3.8, 4) is 5.69 Å². The van der Waals surface area contributed by atoms with E-state index in [1.165, 1.54) is 22.9 Å². The van der Waals surface area contributed by atoms with Gasteiger partial charge >= 0.3 is 0 Å². The van der Waals surface area contributed by atoms with Crippen molar-refractivity contribution in [1.82, 2.24) is 15.1 Å². The smallest absolute Gasteiger partial charge is 0.276 e. The number of para-hydroxylation sites is 1. The van der Waals surface area contributed by atoms with E-state index in [1.54, 1.807) is 19.1 Å². The quantitative estimate of drug-likeness (QED) is 0.840. The maximum atomic E-state index is 14.0. The fourth-order valence-electron chi connectivity index (χ4n) is 2.36. The molecule has 1 aromatic carbocycles. The van der Waals surface area contributed by atoms with E-state index >= 15 is 0 Å². The number of aliphatic hydroxyl groups excluding tert-OH is 1. The molecule has 1 heterocycles. The molecule has 0 spiro atoms. The molecule has 7 heteroatoms. The van der Waals surface area contributed by atoms with E-state index in [0.717, 1.165) is 0 Å². The van der Waals surface area contributed by atoms with E-state index < -0.39 is 17.2 Å². The van der Waals surface area contributed by atoms with Crippen molar-refractivity contribution in [3.63, 3.8) is 0 Å². The van der Waals surface area contributed by atoms with Crippen LogP contribution in [0.3, 0.4) is 0 Å². The van der Waals surface area contributed by atoms with Crippen LogP contribution in [-0.4, -0.2) is 33.4 Å². The van der Waals surface area contributed by atoms with Gasteiger partial charge in [0, 0.05) is 24.4 Å². The van der Waals surface area contributed by atoms with Crippen LogP contribution >= 0.6 is 0 Å². The second kappa shape index (κ2) is 7.83. The molecule has 1 aromatic heterocycles. The summed E-state index contributed by atoms with van der Waals surface area (Å²) in [7, 11) is 0. The number of aromatic nitrogens is 2. The average Bonchev–Trinajstić information content (AvgIpc) is 2.55. The standard InChI is InChI=1S/C17H20FN3O3/c1-3-12(8-9-22)19-17(24)16-15(23)10-11(2)21(20-16)14-7-5-4-6-13(14)18/h4-7,10,12,22H,3,8-9H2,1-2H3,(H,19,24). The van der Waals surface area contributed by atoms with Crippen LogP contribution in [0.15, 0.2) is 35.1 Å². The van der Waals surface area contributed by atoms with Gasteiger partial charge in [-0.2, -0.15) is 5.10 Å². The van der Waals surface area contributed by atoms with Gasteiger partial charge in [0.2, 0.25) is 5.43 Å². The molecule has 2 rings (SSSR count).